The molecule has 5 rings (SSSR count). The summed E-state index contributed by atoms with van der Waals surface area (Å²) in [6.45, 7) is 7.93. The number of rotatable bonds is 6. The van der Waals surface area contributed by atoms with Crippen LogP contribution in [0, 0.1) is 5.82 Å². The maximum Gasteiger partial charge on any atom is 0.330 e. The smallest absolute Gasteiger partial charge is 0.330 e. The van der Waals surface area contributed by atoms with Crippen molar-refractivity contribution in [2.75, 3.05) is 18.5 Å². The molecular formula is C31H41FN4O2. The molecule has 0 bridgehead atoms. The summed E-state index contributed by atoms with van der Waals surface area (Å²) in [6, 6.07) is 15.1. The minimum atomic E-state index is -0.588. The number of aliphatic imine (C=N–C) groups is 1. The van der Waals surface area contributed by atoms with Gasteiger partial charge >= 0.3 is 6.03 Å². The first-order valence-corrected chi connectivity index (χ1v) is 14.2. The second kappa shape index (κ2) is 11.0. The van der Waals surface area contributed by atoms with E-state index in [1.807, 2.05) is 44.0 Å². The van der Waals surface area contributed by atoms with Crippen LogP contribution in [0.1, 0.15) is 71.3 Å². The molecule has 1 unspecified atom stereocenters. The van der Waals surface area contributed by atoms with Crippen molar-refractivity contribution in [3.8, 4) is 5.75 Å². The van der Waals surface area contributed by atoms with Gasteiger partial charge in [-0.05, 0) is 82.3 Å². The number of amides is 2. The lowest BCUT2D eigenvalue weighted by molar-refractivity contribution is 0.123. The second-order valence-electron chi connectivity index (χ2n) is 11.5. The molecule has 2 atom stereocenters. The standard InChI is InChI=1S/C31H41FN4O2/c1-22(2)38-28-15-8-10-24(18-28)21-35-17-16-31(20-23(35)3)29(33-26-12-6-5-7-13-26)34(4)30(37)36(31)27-14-9-11-25(32)19-27/h8-11,14-15,18-19,22-23,26H,5-7,12-13,16-17,20-21H2,1-4H3/t23-,31?/m0/s1. The molecule has 0 radical (unpaired) electrons. The number of halogens is 1. The van der Waals surface area contributed by atoms with E-state index in [4.69, 9.17) is 9.73 Å². The van der Waals surface area contributed by atoms with Crippen LogP contribution < -0.4 is 9.64 Å². The Labute approximate surface area is 226 Å². The van der Waals surface area contributed by atoms with Crippen molar-refractivity contribution in [3.63, 3.8) is 0 Å². The Kier molecular flexibility index (Phi) is 7.75. The van der Waals surface area contributed by atoms with Crippen molar-refractivity contribution >= 4 is 17.6 Å². The van der Waals surface area contributed by atoms with Crippen LogP contribution in [-0.2, 0) is 6.54 Å². The molecule has 2 aliphatic heterocycles. The van der Waals surface area contributed by atoms with Crippen molar-refractivity contribution in [1.82, 2.24) is 9.80 Å². The Balaban J connectivity index is 1.46. The van der Waals surface area contributed by atoms with Crippen LogP contribution in [0.4, 0.5) is 14.9 Å². The van der Waals surface area contributed by atoms with E-state index in [0.717, 1.165) is 50.4 Å². The average Bonchev–Trinajstić information content (AvgIpc) is 3.07. The number of amidine groups is 1. The molecule has 0 aromatic heterocycles. The summed E-state index contributed by atoms with van der Waals surface area (Å²) in [5.74, 6) is 1.41. The Hall–Kier alpha value is -2.93. The molecule has 3 aliphatic rings. The zero-order valence-electron chi connectivity index (χ0n) is 23.2. The highest BCUT2D eigenvalue weighted by atomic mass is 19.1. The predicted molar refractivity (Wildman–Crippen MR) is 150 cm³/mol. The molecule has 1 aliphatic carbocycles. The molecule has 1 spiro atoms. The van der Waals surface area contributed by atoms with Gasteiger partial charge in [-0.1, -0.05) is 37.5 Å². The first kappa shape index (κ1) is 26.7. The highest BCUT2D eigenvalue weighted by molar-refractivity contribution is 6.18. The molecule has 7 heteroatoms. The third-order valence-corrected chi connectivity index (χ3v) is 8.31. The third kappa shape index (κ3) is 5.31. The van der Waals surface area contributed by atoms with E-state index in [1.165, 1.54) is 37.0 Å². The maximum absolute atomic E-state index is 14.4. The topological polar surface area (TPSA) is 48.4 Å². The van der Waals surface area contributed by atoms with Crippen LogP contribution in [0.3, 0.4) is 0 Å². The summed E-state index contributed by atoms with van der Waals surface area (Å²) in [5.41, 5.74) is 1.23. The van der Waals surface area contributed by atoms with Crippen LogP contribution in [0.25, 0.3) is 0 Å². The van der Waals surface area contributed by atoms with Gasteiger partial charge in [0.05, 0.1) is 12.1 Å². The molecule has 204 valence electrons. The number of hydrogen-bond acceptors (Lipinski definition) is 4. The fraction of sp³-hybridized carbons (Fsp3) is 0.548. The van der Waals surface area contributed by atoms with Crippen molar-refractivity contribution < 1.29 is 13.9 Å². The van der Waals surface area contributed by atoms with Gasteiger partial charge in [0.1, 0.15) is 22.9 Å². The Bertz CT molecular complexity index is 1180. The zero-order valence-corrected chi connectivity index (χ0v) is 23.2. The summed E-state index contributed by atoms with van der Waals surface area (Å²) in [5, 5.41) is 0. The normalized spacial score (nSPS) is 26.2. The number of benzene rings is 2. The molecule has 2 saturated heterocycles. The molecule has 3 fully saturated rings. The van der Waals surface area contributed by atoms with Crippen LogP contribution in [-0.4, -0.2) is 59.0 Å². The molecular weight excluding hydrogens is 479 g/mol. The Morgan fingerprint density at radius 1 is 1.11 bits per heavy atom. The van der Waals surface area contributed by atoms with Crippen LogP contribution >= 0.6 is 0 Å². The van der Waals surface area contributed by atoms with Gasteiger partial charge in [-0.2, -0.15) is 0 Å². The van der Waals surface area contributed by atoms with Crippen molar-refractivity contribution in [2.24, 2.45) is 4.99 Å². The summed E-state index contributed by atoms with van der Waals surface area (Å²) in [4.78, 5) is 25.1. The van der Waals surface area contributed by atoms with Gasteiger partial charge in [0.25, 0.3) is 0 Å². The van der Waals surface area contributed by atoms with E-state index >= 15 is 0 Å². The van der Waals surface area contributed by atoms with E-state index in [9.17, 15) is 9.18 Å². The molecule has 1 saturated carbocycles. The van der Waals surface area contributed by atoms with Gasteiger partial charge in [-0.15, -0.1) is 0 Å². The van der Waals surface area contributed by atoms with E-state index in [1.54, 1.807) is 11.0 Å². The first-order chi connectivity index (χ1) is 18.3. The molecule has 2 aromatic rings. The molecule has 2 heterocycles. The monoisotopic (exact) mass is 520 g/mol. The number of likely N-dealkylation sites (tertiary alicyclic amines) is 1. The van der Waals surface area contributed by atoms with Gasteiger partial charge in [-0.3, -0.25) is 19.7 Å². The fourth-order valence-electron chi connectivity index (χ4n) is 6.53. The Morgan fingerprint density at radius 2 is 1.87 bits per heavy atom. The van der Waals surface area contributed by atoms with E-state index in [0.29, 0.717) is 5.69 Å². The number of nitrogens with zero attached hydrogens (tertiary/aromatic N) is 4. The SMILES string of the molecule is CC(C)Oc1cccc(CN2CCC3(C[C@@H]2C)C(=NC2CCCCC2)N(C)C(=O)N3c2cccc(F)c2)c1. The van der Waals surface area contributed by atoms with Crippen LogP contribution in [0.2, 0.25) is 0 Å². The molecule has 2 aromatic carbocycles. The van der Waals surface area contributed by atoms with Gasteiger partial charge in [0.15, 0.2) is 0 Å². The Morgan fingerprint density at radius 3 is 2.58 bits per heavy atom. The lowest BCUT2D eigenvalue weighted by Gasteiger charge is -2.47. The third-order valence-electron chi connectivity index (χ3n) is 8.31. The van der Waals surface area contributed by atoms with Gasteiger partial charge < -0.3 is 4.74 Å². The highest BCUT2D eigenvalue weighted by Crippen LogP contribution is 2.43. The second-order valence-corrected chi connectivity index (χ2v) is 11.5. The average molecular weight is 521 g/mol. The lowest BCUT2D eigenvalue weighted by Crippen LogP contribution is -2.59. The predicted octanol–water partition coefficient (Wildman–Crippen LogP) is 6.64. The molecule has 0 N–H and O–H groups in total. The molecule has 2 amide bonds. The maximum atomic E-state index is 14.4. The number of ether oxygens (including phenoxy) is 1. The number of carbonyl (C=O) groups is 1. The number of hydrogen-bond donors (Lipinski definition) is 0. The quantitative estimate of drug-likeness (QED) is 0.429. The number of carbonyl (C=O) groups excluding carboxylic acids is 1. The summed E-state index contributed by atoms with van der Waals surface area (Å²) < 4.78 is 20.3. The number of anilines is 1. The number of urea groups is 1. The van der Waals surface area contributed by atoms with Crippen LogP contribution in [0.5, 0.6) is 5.75 Å². The molecule has 6 nitrogen and oxygen atoms in total. The van der Waals surface area contributed by atoms with E-state index in [2.05, 4.69) is 24.0 Å². The fourth-order valence-corrected chi connectivity index (χ4v) is 6.53. The first-order valence-electron chi connectivity index (χ1n) is 14.2. The van der Waals surface area contributed by atoms with Crippen molar-refractivity contribution in [2.45, 2.75) is 96.0 Å². The van der Waals surface area contributed by atoms with E-state index in [-0.39, 0.29) is 30.0 Å². The lowest BCUT2D eigenvalue weighted by atomic mass is 9.80. The largest absolute Gasteiger partial charge is 0.491 e. The van der Waals surface area contributed by atoms with Gasteiger partial charge in [0, 0.05) is 31.9 Å². The zero-order chi connectivity index (χ0) is 26.9. The highest BCUT2D eigenvalue weighted by Gasteiger charge is 2.57. The molecule has 38 heavy (non-hydrogen) atoms. The van der Waals surface area contributed by atoms with Gasteiger partial charge in [0.2, 0.25) is 0 Å². The summed E-state index contributed by atoms with van der Waals surface area (Å²) in [7, 11) is 1.84. The summed E-state index contributed by atoms with van der Waals surface area (Å²) in [6.07, 6.45) is 7.38. The number of piperidine rings is 1. The van der Waals surface area contributed by atoms with Crippen molar-refractivity contribution in [1.29, 1.82) is 0 Å². The van der Waals surface area contributed by atoms with Crippen LogP contribution in [0.15, 0.2) is 53.5 Å². The summed E-state index contributed by atoms with van der Waals surface area (Å²) >= 11 is 0. The van der Waals surface area contributed by atoms with Crippen molar-refractivity contribution in [3.05, 3.63) is 59.9 Å². The minimum Gasteiger partial charge on any atom is -0.491 e. The van der Waals surface area contributed by atoms with E-state index < -0.39 is 5.54 Å². The minimum absolute atomic E-state index is 0.121. The van der Waals surface area contributed by atoms with Gasteiger partial charge in [-0.25, -0.2) is 9.18 Å². The number of likely N-dealkylation sites (N-methyl/N-ethyl adjacent to an activating group) is 1.